The average molecular weight is 354 g/mol. The molecule has 1 aromatic rings. The number of aromatic nitrogens is 1. The van der Waals surface area contributed by atoms with Gasteiger partial charge in [-0.15, -0.1) is 0 Å². The van der Waals surface area contributed by atoms with Gasteiger partial charge < -0.3 is 4.74 Å². The lowest BCUT2D eigenvalue weighted by Gasteiger charge is -2.05. The molecule has 0 aliphatic heterocycles. The van der Waals surface area contributed by atoms with Gasteiger partial charge in [-0.2, -0.15) is 0 Å². The minimum atomic E-state index is 0.715. The van der Waals surface area contributed by atoms with E-state index in [1.807, 2.05) is 12.3 Å². The van der Waals surface area contributed by atoms with Crippen molar-refractivity contribution < 1.29 is 4.74 Å². The van der Waals surface area contributed by atoms with Gasteiger partial charge in [0, 0.05) is 9.77 Å². The van der Waals surface area contributed by atoms with Crippen molar-refractivity contribution in [2.45, 2.75) is 12.8 Å². The number of hydrogen-bond donors (Lipinski definition) is 0. The van der Waals surface area contributed by atoms with E-state index >= 15 is 0 Å². The Morgan fingerprint density at radius 3 is 3.00 bits per heavy atom. The Hall–Kier alpha value is 0.160. The van der Waals surface area contributed by atoms with Gasteiger partial charge >= 0.3 is 0 Å². The predicted octanol–water partition coefficient (Wildman–Crippen LogP) is 3.24. The molecule has 1 aromatic heterocycles. The minimum absolute atomic E-state index is 0.715. The third-order valence-corrected chi connectivity index (χ3v) is 3.08. The van der Waals surface area contributed by atoms with Gasteiger partial charge in [0.1, 0.15) is 0 Å². The molecule has 2 rings (SSSR count). The zero-order chi connectivity index (χ0) is 9.26. The van der Waals surface area contributed by atoms with Crippen LogP contribution >= 0.6 is 38.5 Å². The summed E-state index contributed by atoms with van der Waals surface area (Å²) >= 11 is 5.65. The summed E-state index contributed by atoms with van der Waals surface area (Å²) in [5.41, 5.74) is 0. The highest BCUT2D eigenvalue weighted by Crippen LogP contribution is 2.31. The molecule has 1 aliphatic rings. The second-order valence-electron chi connectivity index (χ2n) is 3.19. The van der Waals surface area contributed by atoms with Crippen LogP contribution in [0.5, 0.6) is 5.88 Å². The molecule has 0 unspecified atom stereocenters. The lowest BCUT2D eigenvalue weighted by molar-refractivity contribution is 0.286. The molecule has 0 spiro atoms. The number of ether oxygens (including phenoxy) is 1. The monoisotopic (exact) mass is 353 g/mol. The van der Waals surface area contributed by atoms with Gasteiger partial charge in [0.15, 0.2) is 0 Å². The zero-order valence-corrected chi connectivity index (χ0v) is 10.7. The van der Waals surface area contributed by atoms with Crippen molar-refractivity contribution in [1.29, 1.82) is 0 Å². The van der Waals surface area contributed by atoms with Gasteiger partial charge in [0.05, 0.1) is 11.1 Å². The molecule has 0 saturated heterocycles. The number of nitrogens with zero attached hydrogens (tertiary/aromatic N) is 1. The Morgan fingerprint density at radius 1 is 1.62 bits per heavy atom. The molecule has 1 aliphatic carbocycles. The fourth-order valence-electron chi connectivity index (χ4n) is 0.990. The lowest BCUT2D eigenvalue weighted by Crippen LogP contribution is -2.01. The van der Waals surface area contributed by atoms with E-state index in [0.717, 1.165) is 20.6 Å². The fourth-order valence-corrected chi connectivity index (χ4v) is 2.33. The van der Waals surface area contributed by atoms with Crippen LogP contribution in [0.3, 0.4) is 0 Å². The van der Waals surface area contributed by atoms with E-state index in [2.05, 4.69) is 43.5 Å². The molecule has 1 fully saturated rings. The van der Waals surface area contributed by atoms with Crippen LogP contribution in [0.15, 0.2) is 16.7 Å². The molecule has 1 saturated carbocycles. The summed E-state index contributed by atoms with van der Waals surface area (Å²) in [6.07, 6.45) is 4.43. The molecule has 0 amide bonds. The quantitative estimate of drug-likeness (QED) is 0.778. The van der Waals surface area contributed by atoms with Crippen LogP contribution in [0.1, 0.15) is 12.8 Å². The molecule has 2 nitrogen and oxygen atoms in total. The van der Waals surface area contributed by atoms with Crippen LogP contribution in [-0.4, -0.2) is 11.6 Å². The van der Waals surface area contributed by atoms with Gasteiger partial charge in [-0.05, 0) is 63.3 Å². The molecule has 1 heterocycles. The summed E-state index contributed by atoms with van der Waals surface area (Å²) in [7, 11) is 0. The molecule has 0 atom stereocenters. The van der Waals surface area contributed by atoms with Crippen LogP contribution in [-0.2, 0) is 0 Å². The summed E-state index contributed by atoms with van der Waals surface area (Å²) in [6, 6.07) is 2.01. The van der Waals surface area contributed by atoms with Crippen LogP contribution < -0.4 is 4.74 Å². The first-order chi connectivity index (χ1) is 6.25. The van der Waals surface area contributed by atoms with Crippen molar-refractivity contribution in [1.82, 2.24) is 4.98 Å². The Kier molecular flexibility index (Phi) is 3.08. The standard InChI is InChI=1S/C9H9BrINO/c10-8-3-7(11)4-12-9(8)13-5-6-1-2-6/h3-4,6H,1-2,5H2. The highest BCUT2D eigenvalue weighted by atomic mass is 127. The summed E-state index contributed by atoms with van der Waals surface area (Å²) in [5.74, 6) is 1.49. The van der Waals surface area contributed by atoms with Crippen molar-refractivity contribution in [2.75, 3.05) is 6.61 Å². The van der Waals surface area contributed by atoms with Gasteiger partial charge in [0.2, 0.25) is 5.88 Å². The van der Waals surface area contributed by atoms with Crippen molar-refractivity contribution in [3.8, 4) is 5.88 Å². The second kappa shape index (κ2) is 4.13. The van der Waals surface area contributed by atoms with Gasteiger partial charge in [-0.3, -0.25) is 0 Å². The first-order valence-electron chi connectivity index (χ1n) is 4.19. The molecule has 70 valence electrons. The van der Waals surface area contributed by atoms with Gasteiger partial charge in [-0.25, -0.2) is 4.98 Å². The molecule has 13 heavy (non-hydrogen) atoms. The normalized spacial score (nSPS) is 15.8. The van der Waals surface area contributed by atoms with E-state index in [9.17, 15) is 0 Å². The highest BCUT2D eigenvalue weighted by molar-refractivity contribution is 14.1. The fraction of sp³-hybridized carbons (Fsp3) is 0.444. The van der Waals surface area contributed by atoms with Crippen molar-refractivity contribution in [2.24, 2.45) is 5.92 Å². The van der Waals surface area contributed by atoms with Crippen LogP contribution in [0.25, 0.3) is 0 Å². The predicted molar refractivity (Wildman–Crippen MR) is 62.9 cm³/mol. The molecule has 4 heteroatoms. The van der Waals surface area contributed by atoms with Gasteiger partial charge in [0.25, 0.3) is 0 Å². The topological polar surface area (TPSA) is 22.1 Å². The second-order valence-corrected chi connectivity index (χ2v) is 5.29. The lowest BCUT2D eigenvalue weighted by atomic mass is 10.4. The highest BCUT2D eigenvalue weighted by Gasteiger charge is 2.22. The van der Waals surface area contributed by atoms with Crippen molar-refractivity contribution >= 4 is 38.5 Å². The van der Waals surface area contributed by atoms with Crippen LogP contribution in [0.4, 0.5) is 0 Å². The van der Waals surface area contributed by atoms with Crippen LogP contribution in [0, 0.1) is 9.49 Å². The summed E-state index contributed by atoms with van der Waals surface area (Å²) in [5, 5.41) is 0. The van der Waals surface area contributed by atoms with E-state index in [0.29, 0.717) is 5.88 Å². The summed E-state index contributed by atoms with van der Waals surface area (Å²) in [4.78, 5) is 4.20. The Bertz CT molecular complexity index is 314. The Balaban J connectivity index is 2.01. The number of hydrogen-bond acceptors (Lipinski definition) is 2. The number of pyridine rings is 1. The number of rotatable bonds is 3. The SMILES string of the molecule is Brc1cc(I)cnc1OCC1CC1. The maximum atomic E-state index is 5.55. The van der Waals surface area contributed by atoms with E-state index in [1.165, 1.54) is 12.8 Å². The number of halogens is 2. The molecular formula is C9H9BrINO. The van der Waals surface area contributed by atoms with Crippen molar-refractivity contribution in [3.05, 3.63) is 20.3 Å². The molecular weight excluding hydrogens is 345 g/mol. The molecule has 0 bridgehead atoms. The Morgan fingerprint density at radius 2 is 2.38 bits per heavy atom. The summed E-state index contributed by atoms with van der Waals surface area (Å²) in [6.45, 7) is 0.812. The third-order valence-electron chi connectivity index (χ3n) is 1.93. The van der Waals surface area contributed by atoms with Crippen molar-refractivity contribution in [3.63, 3.8) is 0 Å². The van der Waals surface area contributed by atoms with E-state index in [-0.39, 0.29) is 0 Å². The summed E-state index contributed by atoms with van der Waals surface area (Å²) < 4.78 is 7.61. The third kappa shape index (κ3) is 2.80. The first-order valence-corrected chi connectivity index (χ1v) is 6.07. The largest absolute Gasteiger partial charge is 0.477 e. The Labute approximate surface area is 99.3 Å². The molecule has 0 N–H and O–H groups in total. The molecule has 0 radical (unpaired) electrons. The van der Waals surface area contributed by atoms with E-state index in [1.54, 1.807) is 0 Å². The maximum absolute atomic E-state index is 5.55. The van der Waals surface area contributed by atoms with Crippen LogP contribution in [0.2, 0.25) is 0 Å². The smallest absolute Gasteiger partial charge is 0.228 e. The first kappa shape index (κ1) is 9.71. The molecule has 0 aromatic carbocycles. The van der Waals surface area contributed by atoms with E-state index < -0.39 is 0 Å². The minimum Gasteiger partial charge on any atom is -0.477 e. The van der Waals surface area contributed by atoms with E-state index in [4.69, 9.17) is 4.74 Å². The maximum Gasteiger partial charge on any atom is 0.228 e. The average Bonchev–Trinajstić information content (AvgIpc) is 2.86. The zero-order valence-electron chi connectivity index (χ0n) is 6.96. The van der Waals surface area contributed by atoms with Gasteiger partial charge in [-0.1, -0.05) is 0 Å².